The summed E-state index contributed by atoms with van der Waals surface area (Å²) >= 11 is 0. The van der Waals surface area contributed by atoms with Gasteiger partial charge in [0.1, 0.15) is 0 Å². The zero-order valence-electron chi connectivity index (χ0n) is 22.6. The molecule has 8 rings (SSSR count). The van der Waals surface area contributed by atoms with Gasteiger partial charge >= 0.3 is 0 Å². The average Bonchev–Trinajstić information content (AvgIpc) is 3.25. The van der Waals surface area contributed by atoms with E-state index in [9.17, 15) is 0 Å². The molecule has 0 N–H and O–H groups in total. The first kappa shape index (κ1) is 23.6. The van der Waals surface area contributed by atoms with Crippen LogP contribution in [-0.4, -0.2) is 15.0 Å². The van der Waals surface area contributed by atoms with E-state index in [1.807, 2.05) is 78.9 Å². The summed E-state index contributed by atoms with van der Waals surface area (Å²) in [5.74, 6) is 4.52. The molecule has 41 heavy (non-hydrogen) atoms. The number of hydrogen-bond donors (Lipinski definition) is 0. The van der Waals surface area contributed by atoms with Gasteiger partial charge in [-0.2, -0.15) is 0 Å². The molecule has 5 heteroatoms. The van der Waals surface area contributed by atoms with Crippen LogP contribution in [0.5, 0.6) is 23.0 Å². The van der Waals surface area contributed by atoms with Crippen molar-refractivity contribution >= 4 is 0 Å². The van der Waals surface area contributed by atoms with E-state index in [1.54, 1.807) is 0 Å². The summed E-state index contributed by atoms with van der Waals surface area (Å²) in [7, 11) is 0. The highest BCUT2D eigenvalue weighted by molar-refractivity contribution is 5.83. The van der Waals surface area contributed by atoms with Gasteiger partial charge in [0.25, 0.3) is 0 Å². The van der Waals surface area contributed by atoms with E-state index in [2.05, 4.69) is 50.2 Å². The minimum atomic E-state index is -0.111. The van der Waals surface area contributed by atoms with Crippen molar-refractivity contribution in [3.8, 4) is 68.3 Å². The van der Waals surface area contributed by atoms with E-state index in [0.717, 1.165) is 22.4 Å². The lowest BCUT2D eigenvalue weighted by Crippen LogP contribution is -2.15. The molecule has 1 aromatic heterocycles. The quantitative estimate of drug-likeness (QED) is 0.228. The molecule has 5 nitrogen and oxygen atoms in total. The Hall–Kier alpha value is -5.29. The van der Waals surface area contributed by atoms with Crippen LogP contribution >= 0.6 is 0 Å². The van der Waals surface area contributed by atoms with E-state index in [1.165, 1.54) is 22.3 Å². The van der Waals surface area contributed by atoms with Gasteiger partial charge in [0.05, 0.1) is 0 Å². The highest BCUT2D eigenvalue weighted by Crippen LogP contribution is 2.55. The fourth-order valence-corrected chi connectivity index (χ4v) is 5.85. The molecule has 1 aliphatic heterocycles. The Labute approximate surface area is 238 Å². The van der Waals surface area contributed by atoms with Gasteiger partial charge in [0.15, 0.2) is 40.5 Å². The normalized spacial score (nSPS) is 13.7. The molecule has 0 saturated carbocycles. The molecule has 0 spiro atoms. The smallest absolute Gasteiger partial charge is 0.170 e. The third kappa shape index (κ3) is 3.81. The van der Waals surface area contributed by atoms with E-state index in [0.29, 0.717) is 34.7 Å². The molecular formula is C36H25N3O2. The maximum atomic E-state index is 6.48. The monoisotopic (exact) mass is 531 g/mol. The highest BCUT2D eigenvalue weighted by Gasteiger charge is 2.37. The van der Waals surface area contributed by atoms with Crippen LogP contribution in [0.15, 0.2) is 115 Å². The van der Waals surface area contributed by atoms with E-state index < -0.39 is 0 Å². The van der Waals surface area contributed by atoms with Gasteiger partial charge < -0.3 is 9.47 Å². The molecule has 0 atom stereocenters. The molecule has 2 heterocycles. The fourth-order valence-electron chi connectivity index (χ4n) is 5.85. The lowest BCUT2D eigenvalue weighted by molar-refractivity contribution is 0.359. The zero-order chi connectivity index (χ0) is 27.6. The van der Waals surface area contributed by atoms with Crippen LogP contribution in [0.25, 0.3) is 45.3 Å². The Morgan fingerprint density at radius 2 is 0.976 bits per heavy atom. The summed E-state index contributed by atoms with van der Waals surface area (Å²) < 4.78 is 12.9. The zero-order valence-corrected chi connectivity index (χ0v) is 22.6. The maximum Gasteiger partial charge on any atom is 0.170 e. The Morgan fingerprint density at radius 3 is 1.66 bits per heavy atom. The van der Waals surface area contributed by atoms with Gasteiger partial charge in [-0.1, -0.05) is 98.8 Å². The second kappa shape index (κ2) is 8.86. The number of rotatable bonds is 3. The second-order valence-corrected chi connectivity index (χ2v) is 10.9. The predicted octanol–water partition coefficient (Wildman–Crippen LogP) is 9.08. The van der Waals surface area contributed by atoms with Gasteiger partial charge in [-0.3, -0.25) is 0 Å². The number of ether oxygens (including phenoxy) is 2. The van der Waals surface area contributed by atoms with Crippen LogP contribution in [0, 0.1) is 0 Å². The van der Waals surface area contributed by atoms with Crippen molar-refractivity contribution in [1.82, 2.24) is 15.0 Å². The Bertz CT molecular complexity index is 1910. The molecule has 0 radical (unpaired) electrons. The minimum Gasteiger partial charge on any atom is -0.450 e. The fraction of sp³-hybridized carbons (Fsp3) is 0.0833. The van der Waals surface area contributed by atoms with Crippen LogP contribution in [0.2, 0.25) is 0 Å². The first-order chi connectivity index (χ1) is 20.0. The third-order valence-corrected chi connectivity index (χ3v) is 7.99. The van der Waals surface area contributed by atoms with Crippen molar-refractivity contribution in [2.75, 3.05) is 0 Å². The summed E-state index contributed by atoms with van der Waals surface area (Å²) in [6.07, 6.45) is 0. The van der Waals surface area contributed by atoms with Gasteiger partial charge in [-0.25, -0.2) is 15.0 Å². The van der Waals surface area contributed by atoms with Crippen molar-refractivity contribution in [3.05, 3.63) is 126 Å². The van der Waals surface area contributed by atoms with Crippen LogP contribution < -0.4 is 9.47 Å². The van der Waals surface area contributed by atoms with E-state index in [-0.39, 0.29) is 5.41 Å². The Morgan fingerprint density at radius 1 is 0.439 bits per heavy atom. The van der Waals surface area contributed by atoms with Crippen molar-refractivity contribution < 1.29 is 9.47 Å². The number of benzene rings is 5. The van der Waals surface area contributed by atoms with Crippen LogP contribution in [-0.2, 0) is 5.41 Å². The molecule has 1 aliphatic carbocycles. The highest BCUT2D eigenvalue weighted by atomic mass is 16.6. The summed E-state index contributed by atoms with van der Waals surface area (Å²) in [6.45, 7) is 4.52. The lowest BCUT2D eigenvalue weighted by Gasteiger charge is -2.25. The molecule has 0 bridgehead atoms. The number of hydrogen-bond acceptors (Lipinski definition) is 5. The van der Waals surface area contributed by atoms with E-state index >= 15 is 0 Å². The minimum absolute atomic E-state index is 0.111. The summed E-state index contributed by atoms with van der Waals surface area (Å²) in [5.41, 5.74) is 7.55. The maximum absolute atomic E-state index is 6.48. The van der Waals surface area contributed by atoms with Crippen molar-refractivity contribution in [1.29, 1.82) is 0 Å². The summed E-state index contributed by atoms with van der Waals surface area (Å²) in [5, 5.41) is 0. The molecule has 2 aliphatic rings. The van der Waals surface area contributed by atoms with Gasteiger partial charge in [-0.05, 0) is 52.6 Å². The largest absolute Gasteiger partial charge is 0.450 e. The van der Waals surface area contributed by atoms with Crippen LogP contribution in [0.3, 0.4) is 0 Å². The topological polar surface area (TPSA) is 57.1 Å². The van der Waals surface area contributed by atoms with Crippen molar-refractivity contribution in [2.45, 2.75) is 19.3 Å². The van der Waals surface area contributed by atoms with Crippen molar-refractivity contribution in [3.63, 3.8) is 0 Å². The number of aromatic nitrogens is 3. The molecule has 0 fully saturated rings. The molecular weight excluding hydrogens is 506 g/mol. The van der Waals surface area contributed by atoms with Gasteiger partial charge in [0.2, 0.25) is 0 Å². The molecule has 5 aromatic carbocycles. The Balaban J connectivity index is 1.21. The van der Waals surface area contributed by atoms with Gasteiger partial charge in [0, 0.05) is 22.1 Å². The molecule has 0 unspecified atom stereocenters. The molecule has 0 amide bonds. The first-order valence-electron chi connectivity index (χ1n) is 13.7. The SMILES string of the molecule is CC1(C)c2ccccc2-c2cc3c(cc21)Oc1ccc(-c2nc(-c4ccccc4)nc(-c4ccccc4)n2)cc1O3. The summed E-state index contributed by atoms with van der Waals surface area (Å²) in [4.78, 5) is 14.5. The first-order valence-corrected chi connectivity index (χ1v) is 13.7. The molecule has 0 saturated heterocycles. The predicted molar refractivity (Wildman–Crippen MR) is 160 cm³/mol. The second-order valence-electron chi connectivity index (χ2n) is 10.9. The average molecular weight is 532 g/mol. The summed E-state index contributed by atoms with van der Waals surface area (Å²) in [6, 6.07) is 38.6. The molecule has 196 valence electrons. The third-order valence-electron chi connectivity index (χ3n) is 7.99. The van der Waals surface area contributed by atoms with Crippen LogP contribution in [0.4, 0.5) is 0 Å². The lowest BCUT2D eigenvalue weighted by atomic mass is 9.82. The van der Waals surface area contributed by atoms with Crippen LogP contribution in [0.1, 0.15) is 25.0 Å². The Kier molecular flexibility index (Phi) is 5.10. The van der Waals surface area contributed by atoms with Crippen molar-refractivity contribution in [2.24, 2.45) is 0 Å². The number of fused-ring (bicyclic) bond motifs is 5. The van der Waals surface area contributed by atoms with Gasteiger partial charge in [-0.15, -0.1) is 0 Å². The molecule has 6 aromatic rings. The standard InChI is InChI=1S/C36H25N3O2/c1-36(2)27-16-10-9-15-25(27)26-20-31-32(21-28(26)36)40-29-18-17-24(19-30(29)41-31)35-38-33(22-11-5-3-6-12-22)37-34(39-35)23-13-7-4-8-14-23/h3-21H,1-2H3. The van der Waals surface area contributed by atoms with E-state index in [4.69, 9.17) is 24.4 Å². The number of nitrogens with zero attached hydrogens (tertiary/aromatic N) is 3.